The maximum atomic E-state index is 13.7. The van der Waals surface area contributed by atoms with Crippen LogP contribution in [0.1, 0.15) is 36.5 Å². The number of ether oxygens (including phenoxy) is 2. The molecular formula is C31H33F2N3O5. The monoisotopic (exact) mass is 565 g/mol. The number of hydrogen-bond donors (Lipinski definition) is 2. The van der Waals surface area contributed by atoms with Gasteiger partial charge in [-0.05, 0) is 65.9 Å². The molecular weight excluding hydrogens is 532 g/mol. The molecule has 8 nitrogen and oxygen atoms in total. The SMILES string of the molecule is CCc1cccc(CNC[C@@H](OC(=O)COc2ccc(N3C(=O)CCC3=O)cc2)[C@@H](N)Cc2cc(F)cc(F)c2)c1. The van der Waals surface area contributed by atoms with Crippen molar-refractivity contribution in [2.24, 2.45) is 5.73 Å². The van der Waals surface area contributed by atoms with Gasteiger partial charge in [0, 0.05) is 38.0 Å². The highest BCUT2D eigenvalue weighted by Crippen LogP contribution is 2.25. The summed E-state index contributed by atoms with van der Waals surface area (Å²) < 4.78 is 38.6. The van der Waals surface area contributed by atoms with Crippen molar-refractivity contribution in [3.05, 3.63) is 95.1 Å². The largest absolute Gasteiger partial charge is 0.482 e. The van der Waals surface area contributed by atoms with Crippen molar-refractivity contribution in [3.63, 3.8) is 0 Å². The predicted molar refractivity (Wildman–Crippen MR) is 149 cm³/mol. The summed E-state index contributed by atoms with van der Waals surface area (Å²) in [5, 5.41) is 3.26. The Morgan fingerprint density at radius 2 is 1.61 bits per heavy atom. The van der Waals surface area contributed by atoms with Crippen molar-refractivity contribution < 1.29 is 32.6 Å². The van der Waals surface area contributed by atoms with Gasteiger partial charge in [0.15, 0.2) is 6.61 Å². The van der Waals surface area contributed by atoms with Crippen LogP contribution in [0, 0.1) is 11.6 Å². The van der Waals surface area contributed by atoms with Crippen molar-refractivity contribution in [1.82, 2.24) is 5.32 Å². The van der Waals surface area contributed by atoms with Gasteiger partial charge in [-0.15, -0.1) is 0 Å². The molecule has 3 aromatic rings. The average Bonchev–Trinajstić information content (AvgIpc) is 3.28. The first-order valence-corrected chi connectivity index (χ1v) is 13.5. The van der Waals surface area contributed by atoms with E-state index in [1.54, 1.807) is 24.3 Å². The second kappa shape index (κ2) is 14.0. The number of nitrogens with two attached hydrogens (primary N) is 1. The normalized spacial score (nSPS) is 14.7. The van der Waals surface area contributed by atoms with Crippen LogP contribution < -0.4 is 20.7 Å². The van der Waals surface area contributed by atoms with E-state index in [0.717, 1.165) is 23.0 Å². The zero-order chi connectivity index (χ0) is 29.4. The van der Waals surface area contributed by atoms with E-state index in [-0.39, 0.29) is 37.6 Å². The Bertz CT molecular complexity index is 1350. The number of anilines is 1. The van der Waals surface area contributed by atoms with E-state index in [4.69, 9.17) is 15.2 Å². The molecule has 0 radical (unpaired) electrons. The Morgan fingerprint density at radius 1 is 0.951 bits per heavy atom. The van der Waals surface area contributed by atoms with Crippen LogP contribution in [0.2, 0.25) is 0 Å². The van der Waals surface area contributed by atoms with E-state index in [2.05, 4.69) is 18.3 Å². The molecule has 41 heavy (non-hydrogen) atoms. The van der Waals surface area contributed by atoms with Crippen LogP contribution in [0.3, 0.4) is 0 Å². The molecule has 10 heteroatoms. The van der Waals surface area contributed by atoms with Crippen molar-refractivity contribution in [1.29, 1.82) is 0 Å². The lowest BCUT2D eigenvalue weighted by Gasteiger charge is -2.25. The number of rotatable bonds is 13. The van der Waals surface area contributed by atoms with Crippen LogP contribution in [0.15, 0.2) is 66.7 Å². The summed E-state index contributed by atoms with van der Waals surface area (Å²) in [6.07, 6.45) is 0.526. The maximum absolute atomic E-state index is 13.7. The molecule has 3 aromatic carbocycles. The Hall–Kier alpha value is -4.15. The predicted octanol–water partition coefficient (Wildman–Crippen LogP) is 3.83. The molecule has 1 aliphatic rings. The van der Waals surface area contributed by atoms with E-state index < -0.39 is 36.4 Å². The van der Waals surface area contributed by atoms with Crippen LogP contribution in [0.25, 0.3) is 0 Å². The lowest BCUT2D eigenvalue weighted by molar-refractivity contribution is -0.152. The summed E-state index contributed by atoms with van der Waals surface area (Å²) in [5.41, 5.74) is 9.40. The van der Waals surface area contributed by atoms with Gasteiger partial charge in [0.25, 0.3) is 0 Å². The standard InChI is InChI=1S/C31H33F2N3O5/c1-2-20-4-3-5-21(12-20)17-35-18-28(27(34)15-22-13-23(32)16-24(33)14-22)41-31(39)19-40-26-8-6-25(7-9-26)36-29(37)10-11-30(36)38/h3-9,12-14,16,27-28,35H,2,10-11,15,17-19,34H2,1H3/t27-,28+/m0/s1. The number of aryl methyl sites for hydroxylation is 1. The number of benzene rings is 3. The zero-order valence-corrected chi connectivity index (χ0v) is 22.8. The van der Waals surface area contributed by atoms with E-state index in [0.29, 0.717) is 23.5 Å². The van der Waals surface area contributed by atoms with E-state index in [1.807, 2.05) is 18.2 Å². The highest BCUT2D eigenvalue weighted by molar-refractivity contribution is 6.19. The van der Waals surface area contributed by atoms with Gasteiger partial charge in [0.1, 0.15) is 23.5 Å². The molecule has 4 rings (SSSR count). The van der Waals surface area contributed by atoms with Crippen LogP contribution in [0.5, 0.6) is 5.75 Å². The van der Waals surface area contributed by atoms with Crippen LogP contribution in [-0.4, -0.2) is 43.1 Å². The molecule has 1 fully saturated rings. The summed E-state index contributed by atoms with van der Waals surface area (Å²) in [5.74, 6) is -2.29. The lowest BCUT2D eigenvalue weighted by Crippen LogP contribution is -2.46. The molecule has 0 aromatic heterocycles. The van der Waals surface area contributed by atoms with Gasteiger partial charge in [0.05, 0.1) is 5.69 Å². The van der Waals surface area contributed by atoms with Gasteiger partial charge in [0.2, 0.25) is 11.8 Å². The summed E-state index contributed by atoms with van der Waals surface area (Å²) in [4.78, 5) is 37.7. The third kappa shape index (κ3) is 8.42. The molecule has 0 spiro atoms. The number of esters is 1. The third-order valence-corrected chi connectivity index (χ3v) is 6.73. The Kier molecular flexibility index (Phi) is 10.2. The highest BCUT2D eigenvalue weighted by atomic mass is 19.1. The molecule has 0 unspecified atom stereocenters. The first-order chi connectivity index (χ1) is 19.7. The lowest BCUT2D eigenvalue weighted by atomic mass is 10.0. The van der Waals surface area contributed by atoms with E-state index >= 15 is 0 Å². The first kappa shape index (κ1) is 29.8. The molecule has 1 saturated heterocycles. The van der Waals surface area contributed by atoms with Gasteiger partial charge < -0.3 is 20.5 Å². The second-order valence-corrected chi connectivity index (χ2v) is 9.88. The fourth-order valence-electron chi connectivity index (χ4n) is 4.63. The molecule has 2 atom stereocenters. The molecule has 2 amide bonds. The minimum absolute atomic E-state index is 0.0793. The van der Waals surface area contributed by atoms with Gasteiger partial charge in [-0.2, -0.15) is 0 Å². The number of imide groups is 1. The maximum Gasteiger partial charge on any atom is 0.344 e. The second-order valence-electron chi connectivity index (χ2n) is 9.88. The fraction of sp³-hybridized carbons (Fsp3) is 0.323. The summed E-state index contributed by atoms with van der Waals surface area (Å²) in [7, 11) is 0. The summed E-state index contributed by atoms with van der Waals surface area (Å²) in [6.45, 7) is 2.36. The van der Waals surface area contributed by atoms with Crippen molar-refractivity contribution >= 4 is 23.5 Å². The average molecular weight is 566 g/mol. The third-order valence-electron chi connectivity index (χ3n) is 6.73. The van der Waals surface area contributed by atoms with Gasteiger partial charge in [-0.25, -0.2) is 13.6 Å². The van der Waals surface area contributed by atoms with Crippen LogP contribution in [0.4, 0.5) is 14.5 Å². The van der Waals surface area contributed by atoms with E-state index in [1.165, 1.54) is 17.7 Å². The number of amides is 2. The quantitative estimate of drug-likeness (QED) is 0.239. The smallest absolute Gasteiger partial charge is 0.344 e. The number of halogens is 2. The zero-order valence-electron chi connectivity index (χ0n) is 22.8. The molecule has 216 valence electrons. The molecule has 0 aliphatic carbocycles. The minimum atomic E-state index is -0.818. The van der Waals surface area contributed by atoms with Crippen molar-refractivity contribution in [2.45, 2.75) is 51.3 Å². The fourth-order valence-corrected chi connectivity index (χ4v) is 4.63. The van der Waals surface area contributed by atoms with Gasteiger partial charge >= 0.3 is 5.97 Å². The van der Waals surface area contributed by atoms with Crippen LogP contribution in [-0.2, 0) is 38.5 Å². The number of carbonyl (C=O) groups is 3. The molecule has 0 bridgehead atoms. The van der Waals surface area contributed by atoms with Gasteiger partial charge in [-0.1, -0.05) is 31.2 Å². The summed E-state index contributed by atoms with van der Waals surface area (Å²) >= 11 is 0. The highest BCUT2D eigenvalue weighted by Gasteiger charge is 2.30. The number of nitrogens with one attached hydrogen (secondary N) is 1. The van der Waals surface area contributed by atoms with Gasteiger partial charge in [-0.3, -0.25) is 14.5 Å². The number of carbonyl (C=O) groups excluding carboxylic acids is 3. The minimum Gasteiger partial charge on any atom is -0.482 e. The van der Waals surface area contributed by atoms with E-state index in [9.17, 15) is 23.2 Å². The molecule has 0 saturated carbocycles. The number of nitrogens with zero attached hydrogens (tertiary/aromatic N) is 1. The van der Waals surface area contributed by atoms with Crippen molar-refractivity contribution in [2.75, 3.05) is 18.1 Å². The molecule has 3 N–H and O–H groups in total. The number of hydrogen-bond acceptors (Lipinski definition) is 7. The first-order valence-electron chi connectivity index (χ1n) is 13.5. The Labute approximate surface area is 237 Å². The Morgan fingerprint density at radius 3 is 2.27 bits per heavy atom. The summed E-state index contributed by atoms with van der Waals surface area (Å²) in [6, 6.07) is 16.7. The Balaban J connectivity index is 1.36. The van der Waals surface area contributed by atoms with Crippen LogP contribution >= 0.6 is 0 Å². The van der Waals surface area contributed by atoms with Crippen molar-refractivity contribution in [3.8, 4) is 5.75 Å². The molecule has 1 aliphatic heterocycles. The topological polar surface area (TPSA) is 111 Å². The molecule has 1 heterocycles.